The van der Waals surface area contributed by atoms with Crippen molar-refractivity contribution < 1.29 is 18.0 Å². The van der Waals surface area contributed by atoms with Gasteiger partial charge in [0.25, 0.3) is 0 Å². The van der Waals surface area contributed by atoms with E-state index in [1.54, 1.807) is 6.07 Å². The molecule has 0 radical (unpaired) electrons. The number of halogens is 3. The number of alkyl halides is 3. The van der Waals surface area contributed by atoms with E-state index in [0.29, 0.717) is 12.2 Å². The van der Waals surface area contributed by atoms with Crippen LogP contribution < -0.4 is 11.2 Å². The van der Waals surface area contributed by atoms with E-state index in [-0.39, 0.29) is 18.1 Å². The van der Waals surface area contributed by atoms with Crippen molar-refractivity contribution in [3.8, 4) is 0 Å². The van der Waals surface area contributed by atoms with Gasteiger partial charge in [-0.3, -0.25) is 0 Å². The minimum Gasteiger partial charge on any atom is -0.384 e. The lowest BCUT2D eigenvalue weighted by Crippen LogP contribution is -2.16. The fraction of sp³-hybridized carbons (Fsp3) is 0.400. The van der Waals surface area contributed by atoms with Gasteiger partial charge in [0.2, 0.25) is 0 Å². The maximum atomic E-state index is 12.8. The molecule has 0 bridgehead atoms. The molecule has 0 fully saturated rings. The van der Waals surface area contributed by atoms with Gasteiger partial charge < -0.3 is 10.2 Å². The zero-order valence-electron chi connectivity index (χ0n) is 8.34. The molecule has 2 rings (SSSR count). The second kappa shape index (κ2) is 3.95. The average molecular weight is 232 g/mol. The fourth-order valence-corrected chi connectivity index (χ4v) is 2.00. The lowest BCUT2D eigenvalue weighted by atomic mass is 9.96. The number of nitrogens with two attached hydrogens (primary N) is 1. The molecule has 0 saturated heterocycles. The summed E-state index contributed by atoms with van der Waals surface area (Å²) in [6, 6.07) is 4.09. The third kappa shape index (κ3) is 1.85. The topological polar surface area (TPSA) is 47.3 Å². The highest BCUT2D eigenvalue weighted by atomic mass is 19.4. The van der Waals surface area contributed by atoms with Crippen LogP contribution in [0.5, 0.6) is 0 Å². The molecular formula is C10H11F3N2O. The summed E-state index contributed by atoms with van der Waals surface area (Å²) in [7, 11) is 0. The molecule has 0 amide bonds. The van der Waals surface area contributed by atoms with Gasteiger partial charge >= 0.3 is 6.18 Å². The molecule has 1 heterocycles. The summed E-state index contributed by atoms with van der Waals surface area (Å²) in [5.41, 5.74) is 0.148. The first-order valence-corrected chi connectivity index (χ1v) is 4.79. The summed E-state index contributed by atoms with van der Waals surface area (Å²) in [6.45, 7) is 0.493. The van der Waals surface area contributed by atoms with Crippen LogP contribution >= 0.6 is 0 Å². The smallest absolute Gasteiger partial charge is 0.384 e. The van der Waals surface area contributed by atoms with Crippen molar-refractivity contribution in [2.24, 2.45) is 5.90 Å². The van der Waals surface area contributed by atoms with Crippen LogP contribution in [0, 0.1) is 0 Å². The third-order valence-corrected chi connectivity index (χ3v) is 2.66. The minimum absolute atomic E-state index is 0.0765. The Morgan fingerprint density at radius 2 is 2.19 bits per heavy atom. The Labute approximate surface area is 90.3 Å². The normalized spacial score (nSPS) is 19.4. The number of fused-ring (bicyclic) bond motifs is 1. The van der Waals surface area contributed by atoms with Crippen molar-refractivity contribution in [3.63, 3.8) is 0 Å². The molecule has 0 saturated carbocycles. The molecule has 3 nitrogen and oxygen atoms in total. The lowest BCUT2D eigenvalue weighted by molar-refractivity contribution is -0.138. The second-order valence-electron chi connectivity index (χ2n) is 3.68. The van der Waals surface area contributed by atoms with Crippen LogP contribution in [0.1, 0.15) is 17.0 Å². The monoisotopic (exact) mass is 232 g/mol. The van der Waals surface area contributed by atoms with Crippen LogP contribution in [0.4, 0.5) is 18.9 Å². The van der Waals surface area contributed by atoms with E-state index in [4.69, 9.17) is 5.90 Å². The summed E-state index contributed by atoms with van der Waals surface area (Å²) >= 11 is 0. The van der Waals surface area contributed by atoms with Crippen molar-refractivity contribution in [2.45, 2.75) is 12.1 Å². The fourth-order valence-electron chi connectivity index (χ4n) is 2.00. The molecule has 16 heavy (non-hydrogen) atoms. The molecule has 1 aliphatic rings. The second-order valence-corrected chi connectivity index (χ2v) is 3.68. The van der Waals surface area contributed by atoms with Gasteiger partial charge in [-0.2, -0.15) is 13.2 Å². The first-order valence-electron chi connectivity index (χ1n) is 4.79. The molecule has 1 aliphatic heterocycles. The van der Waals surface area contributed by atoms with E-state index in [1.807, 2.05) is 0 Å². The highest BCUT2D eigenvalue weighted by Gasteiger charge is 2.38. The molecule has 1 unspecified atom stereocenters. The van der Waals surface area contributed by atoms with Gasteiger partial charge in [-0.15, -0.1) is 0 Å². The number of rotatable bonds is 2. The van der Waals surface area contributed by atoms with Crippen molar-refractivity contribution in [2.75, 3.05) is 18.5 Å². The number of hydrogen-bond acceptors (Lipinski definition) is 3. The number of benzene rings is 1. The van der Waals surface area contributed by atoms with Crippen LogP contribution in [0.3, 0.4) is 0 Å². The maximum Gasteiger partial charge on any atom is 0.416 e. The summed E-state index contributed by atoms with van der Waals surface area (Å²) < 4.78 is 38.3. The summed E-state index contributed by atoms with van der Waals surface area (Å²) in [6.07, 6.45) is -4.34. The predicted octanol–water partition coefficient (Wildman–Crippen LogP) is 2.10. The summed E-state index contributed by atoms with van der Waals surface area (Å²) in [5.74, 6) is 4.57. The zero-order chi connectivity index (χ0) is 11.8. The van der Waals surface area contributed by atoms with E-state index in [0.717, 1.165) is 6.07 Å². The quantitative estimate of drug-likeness (QED) is 0.768. The average Bonchev–Trinajstić information content (AvgIpc) is 2.61. The van der Waals surface area contributed by atoms with Crippen molar-refractivity contribution >= 4 is 5.69 Å². The first kappa shape index (κ1) is 11.2. The largest absolute Gasteiger partial charge is 0.416 e. The standard InChI is InChI=1S/C10H11F3N2O/c11-10(12,13)7-2-1-3-8-9(7)6(4-15-8)5-16-14/h1-3,6,15H,4-5,14H2. The Morgan fingerprint density at radius 3 is 2.81 bits per heavy atom. The minimum atomic E-state index is -4.34. The van der Waals surface area contributed by atoms with Gasteiger partial charge in [-0.05, 0) is 17.7 Å². The van der Waals surface area contributed by atoms with Gasteiger partial charge in [-0.25, -0.2) is 5.90 Å². The van der Waals surface area contributed by atoms with Crippen LogP contribution in [0.2, 0.25) is 0 Å². The highest BCUT2D eigenvalue weighted by molar-refractivity contribution is 5.61. The van der Waals surface area contributed by atoms with E-state index < -0.39 is 11.7 Å². The SMILES string of the molecule is NOCC1CNc2cccc(C(F)(F)F)c21. The molecule has 1 aromatic carbocycles. The van der Waals surface area contributed by atoms with Crippen LogP contribution in [-0.4, -0.2) is 13.2 Å². The van der Waals surface area contributed by atoms with E-state index in [9.17, 15) is 13.2 Å². The number of nitrogens with one attached hydrogen (secondary N) is 1. The Hall–Kier alpha value is -1.27. The third-order valence-electron chi connectivity index (χ3n) is 2.66. The predicted molar refractivity (Wildman–Crippen MR) is 52.8 cm³/mol. The molecule has 6 heteroatoms. The maximum absolute atomic E-state index is 12.8. The van der Waals surface area contributed by atoms with Crippen LogP contribution in [0.15, 0.2) is 18.2 Å². The molecule has 88 valence electrons. The van der Waals surface area contributed by atoms with Crippen LogP contribution in [-0.2, 0) is 11.0 Å². The molecule has 0 spiro atoms. The van der Waals surface area contributed by atoms with Gasteiger partial charge in [0.15, 0.2) is 0 Å². The Morgan fingerprint density at radius 1 is 1.44 bits per heavy atom. The molecule has 1 aromatic rings. The van der Waals surface area contributed by atoms with Crippen molar-refractivity contribution in [1.82, 2.24) is 0 Å². The lowest BCUT2D eigenvalue weighted by Gasteiger charge is -2.15. The van der Waals surface area contributed by atoms with Crippen molar-refractivity contribution in [3.05, 3.63) is 29.3 Å². The van der Waals surface area contributed by atoms with Crippen molar-refractivity contribution in [1.29, 1.82) is 0 Å². The Balaban J connectivity index is 2.45. The van der Waals surface area contributed by atoms with E-state index in [1.165, 1.54) is 6.07 Å². The Bertz CT molecular complexity index is 390. The molecule has 3 N–H and O–H groups in total. The molecule has 0 aromatic heterocycles. The highest BCUT2D eigenvalue weighted by Crippen LogP contribution is 2.41. The van der Waals surface area contributed by atoms with Gasteiger partial charge in [0.1, 0.15) is 0 Å². The summed E-state index contributed by atoms with van der Waals surface area (Å²) in [4.78, 5) is 4.44. The van der Waals surface area contributed by atoms with Crippen LogP contribution in [0.25, 0.3) is 0 Å². The summed E-state index contributed by atoms with van der Waals surface area (Å²) in [5, 5.41) is 2.91. The van der Waals surface area contributed by atoms with Gasteiger partial charge in [-0.1, -0.05) is 6.07 Å². The van der Waals surface area contributed by atoms with Gasteiger partial charge in [0, 0.05) is 18.2 Å². The first-order chi connectivity index (χ1) is 7.54. The Kier molecular flexibility index (Phi) is 2.77. The zero-order valence-corrected chi connectivity index (χ0v) is 8.34. The number of anilines is 1. The molecular weight excluding hydrogens is 221 g/mol. The van der Waals surface area contributed by atoms with E-state index in [2.05, 4.69) is 10.2 Å². The number of hydrogen-bond donors (Lipinski definition) is 2. The molecule has 0 aliphatic carbocycles. The van der Waals surface area contributed by atoms with Gasteiger partial charge in [0.05, 0.1) is 12.2 Å². The van der Waals surface area contributed by atoms with E-state index >= 15 is 0 Å². The molecule has 1 atom stereocenters.